The van der Waals surface area contributed by atoms with E-state index >= 15 is 0 Å². The summed E-state index contributed by atoms with van der Waals surface area (Å²) in [7, 11) is 0. The molecule has 0 aliphatic carbocycles. The average Bonchev–Trinajstić information content (AvgIpc) is 2.67. The van der Waals surface area contributed by atoms with Crippen LogP contribution in [-0.2, 0) is 14.3 Å². The molecule has 0 saturated carbocycles. The van der Waals surface area contributed by atoms with Crippen molar-refractivity contribution in [3.63, 3.8) is 0 Å². The zero-order valence-corrected chi connectivity index (χ0v) is 17.6. The molecular formula is C22H26N4O5. The van der Waals surface area contributed by atoms with Gasteiger partial charge in [-0.2, -0.15) is 0 Å². The molecule has 0 radical (unpaired) electrons. The molecule has 0 heterocycles. The number of anilines is 2. The number of imide groups is 1. The highest BCUT2D eigenvalue weighted by Gasteiger charge is 2.35. The first-order chi connectivity index (χ1) is 14.6. The molecule has 2 aromatic rings. The molecule has 1 atom stereocenters. The third-order valence-corrected chi connectivity index (χ3v) is 3.85. The van der Waals surface area contributed by atoms with Crippen LogP contribution in [0.1, 0.15) is 27.2 Å². The minimum Gasteiger partial charge on any atom is -0.443 e. The van der Waals surface area contributed by atoms with E-state index in [1.54, 1.807) is 69.3 Å². The molecule has 9 nitrogen and oxygen atoms in total. The summed E-state index contributed by atoms with van der Waals surface area (Å²) >= 11 is 0. The summed E-state index contributed by atoms with van der Waals surface area (Å²) in [6.07, 6.45) is -1.45. The van der Waals surface area contributed by atoms with Crippen LogP contribution in [0.25, 0.3) is 0 Å². The van der Waals surface area contributed by atoms with Gasteiger partial charge in [0.05, 0.1) is 12.1 Å². The number of hydrogen-bond donors (Lipinski definition) is 3. The van der Waals surface area contributed by atoms with Gasteiger partial charge in [0.1, 0.15) is 11.6 Å². The number of amides is 5. The molecular weight excluding hydrogens is 400 g/mol. The van der Waals surface area contributed by atoms with Crippen LogP contribution >= 0.6 is 0 Å². The van der Waals surface area contributed by atoms with Crippen LogP contribution in [-0.4, -0.2) is 35.6 Å². The molecule has 2 rings (SSSR count). The number of nitrogens with one attached hydrogen (secondary N) is 2. The van der Waals surface area contributed by atoms with Crippen molar-refractivity contribution in [1.29, 1.82) is 0 Å². The minimum absolute atomic E-state index is 0.224. The molecule has 0 spiro atoms. The third kappa shape index (κ3) is 7.46. The number of primary amides is 1. The van der Waals surface area contributed by atoms with Crippen LogP contribution < -0.4 is 21.3 Å². The number of rotatable bonds is 6. The van der Waals surface area contributed by atoms with Gasteiger partial charge in [-0.3, -0.25) is 9.59 Å². The first-order valence-electron chi connectivity index (χ1n) is 9.59. The maximum atomic E-state index is 13.3. The molecule has 9 heteroatoms. The number of nitrogens with two attached hydrogens (primary N) is 1. The standard InChI is InChI=1S/C22H26N4O5/c1-22(2,3)31-21(30)26(16-12-8-5-9-13-16)19(28)17(14-18(23)27)25-20(29)24-15-10-6-4-7-11-15/h4-13,17H,14H2,1-3H3,(H2,23,27)(H2,24,25,29). The molecule has 2 aromatic carbocycles. The number of para-hydroxylation sites is 2. The topological polar surface area (TPSA) is 131 Å². The molecule has 31 heavy (non-hydrogen) atoms. The maximum Gasteiger partial charge on any atom is 0.421 e. The monoisotopic (exact) mass is 426 g/mol. The first kappa shape index (κ1) is 23.4. The number of carbonyl (C=O) groups excluding carboxylic acids is 4. The molecule has 0 aromatic heterocycles. The molecule has 0 bridgehead atoms. The minimum atomic E-state index is -1.39. The number of urea groups is 1. The number of benzene rings is 2. The van der Waals surface area contributed by atoms with E-state index in [1.165, 1.54) is 12.1 Å². The van der Waals surface area contributed by atoms with Crippen molar-refractivity contribution in [1.82, 2.24) is 5.32 Å². The zero-order chi connectivity index (χ0) is 23.0. The smallest absolute Gasteiger partial charge is 0.421 e. The van der Waals surface area contributed by atoms with Crippen molar-refractivity contribution >= 4 is 35.3 Å². The van der Waals surface area contributed by atoms with Crippen molar-refractivity contribution in [2.24, 2.45) is 5.73 Å². The summed E-state index contributed by atoms with van der Waals surface area (Å²) in [6.45, 7) is 4.97. The average molecular weight is 426 g/mol. The Balaban J connectivity index is 2.30. The summed E-state index contributed by atoms with van der Waals surface area (Å²) in [5.41, 5.74) is 5.11. The molecule has 0 aliphatic heterocycles. The largest absolute Gasteiger partial charge is 0.443 e. The Morgan fingerprint density at radius 2 is 1.52 bits per heavy atom. The molecule has 5 amide bonds. The molecule has 1 unspecified atom stereocenters. The van der Waals surface area contributed by atoms with Crippen LogP contribution in [0.15, 0.2) is 60.7 Å². The number of carbonyl (C=O) groups is 4. The fourth-order valence-corrected chi connectivity index (χ4v) is 2.61. The van der Waals surface area contributed by atoms with Gasteiger partial charge >= 0.3 is 12.1 Å². The van der Waals surface area contributed by atoms with Crippen molar-refractivity contribution in [2.75, 3.05) is 10.2 Å². The van der Waals surface area contributed by atoms with Gasteiger partial charge in [0.2, 0.25) is 5.91 Å². The van der Waals surface area contributed by atoms with Crippen molar-refractivity contribution in [3.8, 4) is 0 Å². The van der Waals surface area contributed by atoms with Crippen LogP contribution in [0.2, 0.25) is 0 Å². The van der Waals surface area contributed by atoms with Crippen LogP contribution in [0, 0.1) is 0 Å². The molecule has 4 N–H and O–H groups in total. The van der Waals surface area contributed by atoms with Gasteiger partial charge in [-0.15, -0.1) is 0 Å². The SMILES string of the molecule is CC(C)(C)OC(=O)N(C(=O)C(CC(N)=O)NC(=O)Nc1ccccc1)c1ccccc1. The second kappa shape index (κ2) is 10.2. The number of hydrogen-bond acceptors (Lipinski definition) is 5. The van der Waals surface area contributed by atoms with Gasteiger partial charge < -0.3 is 21.1 Å². The van der Waals surface area contributed by atoms with E-state index in [2.05, 4.69) is 10.6 Å². The van der Waals surface area contributed by atoms with Crippen molar-refractivity contribution < 1.29 is 23.9 Å². The Bertz CT molecular complexity index is 926. The zero-order valence-electron chi connectivity index (χ0n) is 17.6. The Hall–Kier alpha value is -3.88. The summed E-state index contributed by atoms with van der Waals surface area (Å²) < 4.78 is 5.35. The van der Waals surface area contributed by atoms with Crippen LogP contribution in [0.5, 0.6) is 0 Å². The van der Waals surface area contributed by atoms with Crippen LogP contribution in [0.4, 0.5) is 21.0 Å². The molecule has 164 valence electrons. The van der Waals surface area contributed by atoms with Gasteiger partial charge in [-0.1, -0.05) is 36.4 Å². The van der Waals surface area contributed by atoms with E-state index in [4.69, 9.17) is 10.5 Å². The van der Waals surface area contributed by atoms with Gasteiger partial charge in [-0.05, 0) is 45.0 Å². The molecule has 0 saturated heterocycles. The van der Waals surface area contributed by atoms with Gasteiger partial charge in [0.25, 0.3) is 5.91 Å². The highest BCUT2D eigenvalue weighted by molar-refractivity contribution is 6.15. The predicted octanol–water partition coefficient (Wildman–Crippen LogP) is 3.02. The third-order valence-electron chi connectivity index (χ3n) is 3.85. The Morgan fingerprint density at radius 1 is 0.968 bits per heavy atom. The Labute approximate surface area is 180 Å². The lowest BCUT2D eigenvalue weighted by molar-refractivity contribution is -0.125. The normalized spacial score (nSPS) is 11.7. The molecule has 0 aliphatic rings. The van der Waals surface area contributed by atoms with Gasteiger partial charge in [0.15, 0.2) is 0 Å². The summed E-state index contributed by atoms with van der Waals surface area (Å²) in [5, 5.41) is 4.97. The van der Waals surface area contributed by atoms with E-state index < -0.39 is 42.0 Å². The highest BCUT2D eigenvalue weighted by Crippen LogP contribution is 2.20. The highest BCUT2D eigenvalue weighted by atomic mass is 16.6. The Kier molecular flexibility index (Phi) is 7.73. The summed E-state index contributed by atoms with van der Waals surface area (Å²) in [6, 6.07) is 14.5. The van der Waals surface area contributed by atoms with Crippen molar-refractivity contribution in [2.45, 2.75) is 38.8 Å². The maximum absolute atomic E-state index is 13.3. The molecule has 0 fully saturated rings. The lowest BCUT2D eigenvalue weighted by atomic mass is 10.1. The van der Waals surface area contributed by atoms with E-state index in [-0.39, 0.29) is 5.69 Å². The number of nitrogens with zero attached hydrogens (tertiary/aromatic N) is 1. The fourth-order valence-electron chi connectivity index (χ4n) is 2.61. The Morgan fingerprint density at radius 3 is 2.03 bits per heavy atom. The van der Waals surface area contributed by atoms with E-state index in [1.807, 2.05) is 0 Å². The second-order valence-corrected chi connectivity index (χ2v) is 7.68. The lowest BCUT2D eigenvalue weighted by Crippen LogP contribution is -2.53. The van der Waals surface area contributed by atoms with E-state index in [0.29, 0.717) is 5.69 Å². The first-order valence-corrected chi connectivity index (χ1v) is 9.59. The van der Waals surface area contributed by atoms with E-state index in [9.17, 15) is 19.2 Å². The van der Waals surface area contributed by atoms with E-state index in [0.717, 1.165) is 4.90 Å². The second-order valence-electron chi connectivity index (χ2n) is 7.68. The quantitative estimate of drug-likeness (QED) is 0.653. The number of ether oxygens (including phenoxy) is 1. The lowest BCUT2D eigenvalue weighted by Gasteiger charge is -2.29. The van der Waals surface area contributed by atoms with Gasteiger partial charge in [-0.25, -0.2) is 14.5 Å². The predicted molar refractivity (Wildman–Crippen MR) is 116 cm³/mol. The van der Waals surface area contributed by atoms with Crippen LogP contribution in [0.3, 0.4) is 0 Å². The summed E-state index contributed by atoms with van der Waals surface area (Å²) in [5.74, 6) is -1.68. The van der Waals surface area contributed by atoms with Gasteiger partial charge in [0, 0.05) is 5.69 Å². The summed E-state index contributed by atoms with van der Waals surface area (Å²) in [4.78, 5) is 50.8. The fraction of sp³-hybridized carbons (Fsp3) is 0.273. The van der Waals surface area contributed by atoms with Crippen molar-refractivity contribution in [3.05, 3.63) is 60.7 Å².